The van der Waals surface area contributed by atoms with E-state index < -0.39 is 12.1 Å². The minimum atomic E-state index is -1.02. The standard InChI is InChI=1S/C19H16O5/c20-14-9-7-12(8-10-14)17-11-16(21)15-5-1-3-13(19(15)24-17)4-2-6-18(22)23/h1-3,5-10,17,20H,4,11H2,(H,22,23)/b6-2+. The predicted molar refractivity (Wildman–Crippen MR) is 87.3 cm³/mol. The van der Waals surface area contributed by atoms with Crippen molar-refractivity contribution in [1.82, 2.24) is 0 Å². The second-order valence-electron chi connectivity index (χ2n) is 5.56. The Balaban J connectivity index is 1.91. The molecule has 0 amide bonds. The van der Waals surface area contributed by atoms with Crippen LogP contribution in [0.5, 0.6) is 11.5 Å². The van der Waals surface area contributed by atoms with Crippen molar-refractivity contribution < 1.29 is 24.5 Å². The number of ketones is 1. The molecule has 0 aliphatic carbocycles. The number of fused-ring (bicyclic) bond motifs is 1. The highest BCUT2D eigenvalue weighted by Gasteiger charge is 2.29. The average Bonchev–Trinajstić information content (AvgIpc) is 2.55. The van der Waals surface area contributed by atoms with Gasteiger partial charge < -0.3 is 14.9 Å². The number of carbonyl (C=O) groups excluding carboxylic acids is 1. The Kier molecular flexibility index (Phi) is 4.33. The molecule has 1 aliphatic rings. The third-order valence-electron chi connectivity index (χ3n) is 3.89. The third kappa shape index (κ3) is 3.30. The Morgan fingerprint density at radius 2 is 1.96 bits per heavy atom. The minimum absolute atomic E-state index is 0.0154. The van der Waals surface area contributed by atoms with E-state index in [2.05, 4.69) is 0 Å². The number of carbonyl (C=O) groups is 2. The number of phenols is 1. The maximum atomic E-state index is 12.4. The molecule has 1 aliphatic heterocycles. The van der Waals surface area contributed by atoms with Gasteiger partial charge in [0, 0.05) is 6.08 Å². The molecule has 0 saturated heterocycles. The number of ether oxygens (including phenoxy) is 1. The molecule has 5 nitrogen and oxygen atoms in total. The van der Waals surface area contributed by atoms with E-state index in [1.165, 1.54) is 6.08 Å². The van der Waals surface area contributed by atoms with Crippen LogP contribution in [0.4, 0.5) is 0 Å². The number of hydrogen-bond acceptors (Lipinski definition) is 4. The molecule has 1 heterocycles. The molecule has 24 heavy (non-hydrogen) atoms. The Morgan fingerprint density at radius 1 is 1.21 bits per heavy atom. The molecule has 1 unspecified atom stereocenters. The predicted octanol–water partition coefficient (Wildman–Crippen LogP) is 3.28. The summed E-state index contributed by atoms with van der Waals surface area (Å²) < 4.78 is 6.03. The van der Waals surface area contributed by atoms with Crippen molar-refractivity contribution in [1.29, 1.82) is 0 Å². The van der Waals surface area contributed by atoms with E-state index in [0.29, 0.717) is 17.7 Å². The molecule has 2 aromatic carbocycles. The lowest BCUT2D eigenvalue weighted by atomic mass is 9.93. The number of Topliss-reactive ketones (excluding diaryl/α,β-unsaturated/α-hetero) is 1. The van der Waals surface area contributed by atoms with E-state index in [-0.39, 0.29) is 18.0 Å². The van der Waals surface area contributed by atoms with Crippen LogP contribution >= 0.6 is 0 Å². The first-order valence-electron chi connectivity index (χ1n) is 7.54. The molecular formula is C19H16O5. The summed E-state index contributed by atoms with van der Waals surface area (Å²) in [6.07, 6.45) is 2.77. The number of allylic oxidation sites excluding steroid dienone is 1. The van der Waals surface area contributed by atoms with Crippen LogP contribution in [0.15, 0.2) is 54.6 Å². The Hall–Kier alpha value is -3.08. The Labute approximate surface area is 138 Å². The van der Waals surface area contributed by atoms with Crippen LogP contribution in [0.25, 0.3) is 0 Å². The molecule has 0 radical (unpaired) electrons. The summed E-state index contributed by atoms with van der Waals surface area (Å²) in [7, 11) is 0. The first-order chi connectivity index (χ1) is 11.5. The monoisotopic (exact) mass is 324 g/mol. The largest absolute Gasteiger partial charge is 0.508 e. The van der Waals surface area contributed by atoms with Crippen LogP contribution < -0.4 is 4.74 Å². The zero-order valence-electron chi connectivity index (χ0n) is 12.8. The van der Waals surface area contributed by atoms with Gasteiger partial charge in [-0.2, -0.15) is 0 Å². The number of hydrogen-bond donors (Lipinski definition) is 2. The number of rotatable bonds is 4. The lowest BCUT2D eigenvalue weighted by Crippen LogP contribution is -2.21. The van der Waals surface area contributed by atoms with Gasteiger partial charge in [0.05, 0.1) is 12.0 Å². The number of benzene rings is 2. The first-order valence-corrected chi connectivity index (χ1v) is 7.54. The number of phenolic OH excluding ortho intramolecular Hbond substituents is 1. The van der Waals surface area contributed by atoms with Gasteiger partial charge in [-0.05, 0) is 35.7 Å². The van der Waals surface area contributed by atoms with Gasteiger partial charge >= 0.3 is 5.97 Å². The van der Waals surface area contributed by atoms with Crippen LogP contribution in [0, 0.1) is 0 Å². The van der Waals surface area contributed by atoms with Gasteiger partial charge in [-0.25, -0.2) is 4.79 Å². The van der Waals surface area contributed by atoms with Crippen LogP contribution in [0.1, 0.15) is 34.0 Å². The van der Waals surface area contributed by atoms with Crippen molar-refractivity contribution in [2.45, 2.75) is 18.9 Å². The second-order valence-corrected chi connectivity index (χ2v) is 5.56. The number of carboxylic acids is 1. The Bertz CT molecular complexity index is 805. The molecule has 2 N–H and O–H groups in total. The van der Waals surface area contributed by atoms with Crippen LogP contribution in [0.3, 0.4) is 0 Å². The lowest BCUT2D eigenvalue weighted by Gasteiger charge is -2.27. The van der Waals surface area contributed by atoms with Crippen molar-refractivity contribution in [2.24, 2.45) is 0 Å². The number of aliphatic carboxylic acids is 1. The molecule has 0 aromatic heterocycles. The van der Waals surface area contributed by atoms with Crippen molar-refractivity contribution in [3.8, 4) is 11.5 Å². The van der Waals surface area contributed by atoms with Gasteiger partial charge in [0.2, 0.25) is 0 Å². The zero-order valence-corrected chi connectivity index (χ0v) is 12.8. The molecule has 2 aromatic rings. The summed E-state index contributed by atoms with van der Waals surface area (Å²) in [5.74, 6) is -0.375. The molecule has 0 fully saturated rings. The molecule has 122 valence electrons. The summed E-state index contributed by atoms with van der Waals surface area (Å²) in [6, 6.07) is 11.9. The van der Waals surface area contributed by atoms with Gasteiger partial charge in [0.15, 0.2) is 5.78 Å². The topological polar surface area (TPSA) is 83.8 Å². The van der Waals surface area contributed by atoms with Gasteiger partial charge in [0.25, 0.3) is 0 Å². The second kappa shape index (κ2) is 6.58. The number of para-hydroxylation sites is 1. The molecule has 1 atom stereocenters. The van der Waals surface area contributed by atoms with Gasteiger partial charge in [-0.3, -0.25) is 4.79 Å². The van der Waals surface area contributed by atoms with E-state index >= 15 is 0 Å². The van der Waals surface area contributed by atoms with E-state index in [4.69, 9.17) is 9.84 Å². The maximum Gasteiger partial charge on any atom is 0.327 e. The summed E-state index contributed by atoms with van der Waals surface area (Å²) >= 11 is 0. The fourth-order valence-corrected chi connectivity index (χ4v) is 2.73. The van der Waals surface area contributed by atoms with Crippen molar-refractivity contribution in [2.75, 3.05) is 0 Å². The highest BCUT2D eigenvalue weighted by Crippen LogP contribution is 2.37. The summed E-state index contributed by atoms with van der Waals surface area (Å²) in [5, 5.41) is 18.1. The smallest absolute Gasteiger partial charge is 0.327 e. The molecule has 0 spiro atoms. The number of carboxylic acid groups (broad SMARTS) is 1. The fourth-order valence-electron chi connectivity index (χ4n) is 2.73. The van der Waals surface area contributed by atoms with Crippen LogP contribution in [0.2, 0.25) is 0 Å². The highest BCUT2D eigenvalue weighted by molar-refractivity contribution is 6.00. The molecule has 0 bridgehead atoms. The molecule has 0 saturated carbocycles. The third-order valence-corrected chi connectivity index (χ3v) is 3.89. The van der Waals surface area contributed by atoms with Gasteiger partial charge in [-0.15, -0.1) is 0 Å². The van der Waals surface area contributed by atoms with Crippen molar-refractivity contribution >= 4 is 11.8 Å². The first kappa shape index (κ1) is 15.8. The van der Waals surface area contributed by atoms with E-state index in [1.807, 2.05) is 6.07 Å². The molecular weight excluding hydrogens is 308 g/mol. The summed E-state index contributed by atoms with van der Waals surface area (Å²) in [5.41, 5.74) is 2.09. The van der Waals surface area contributed by atoms with E-state index in [1.54, 1.807) is 36.4 Å². The SMILES string of the molecule is O=C(O)/C=C/Cc1cccc2c1OC(c1ccc(O)cc1)CC2=O. The van der Waals surface area contributed by atoms with Crippen LogP contribution in [-0.2, 0) is 11.2 Å². The summed E-state index contributed by atoms with van der Waals surface area (Å²) in [4.78, 5) is 23.0. The lowest BCUT2D eigenvalue weighted by molar-refractivity contribution is -0.131. The minimum Gasteiger partial charge on any atom is -0.508 e. The van der Waals surface area contributed by atoms with E-state index in [9.17, 15) is 14.7 Å². The highest BCUT2D eigenvalue weighted by atomic mass is 16.5. The molecule has 5 heteroatoms. The Morgan fingerprint density at radius 3 is 2.67 bits per heavy atom. The molecule has 3 rings (SSSR count). The van der Waals surface area contributed by atoms with E-state index in [0.717, 1.165) is 17.2 Å². The van der Waals surface area contributed by atoms with Crippen molar-refractivity contribution in [3.63, 3.8) is 0 Å². The summed E-state index contributed by atoms with van der Waals surface area (Å²) in [6.45, 7) is 0. The van der Waals surface area contributed by atoms with Crippen LogP contribution in [-0.4, -0.2) is 22.0 Å². The quantitative estimate of drug-likeness (QED) is 0.843. The fraction of sp³-hybridized carbons (Fsp3) is 0.158. The van der Waals surface area contributed by atoms with Gasteiger partial charge in [0.1, 0.15) is 17.6 Å². The van der Waals surface area contributed by atoms with Crippen molar-refractivity contribution in [3.05, 3.63) is 71.3 Å². The number of aromatic hydroxyl groups is 1. The zero-order chi connectivity index (χ0) is 17.1. The van der Waals surface area contributed by atoms with Gasteiger partial charge in [-0.1, -0.05) is 30.3 Å². The normalized spacial score (nSPS) is 16.7. The maximum absolute atomic E-state index is 12.4. The average molecular weight is 324 g/mol.